The van der Waals surface area contributed by atoms with Crippen molar-refractivity contribution in [1.29, 1.82) is 0 Å². The van der Waals surface area contributed by atoms with Crippen LogP contribution in [0.25, 0.3) is 0 Å². The van der Waals surface area contributed by atoms with Gasteiger partial charge in [-0.15, -0.1) is 0 Å². The van der Waals surface area contributed by atoms with Gasteiger partial charge in [-0.2, -0.15) is 5.10 Å². The predicted octanol–water partition coefficient (Wildman–Crippen LogP) is 0.374. The summed E-state index contributed by atoms with van der Waals surface area (Å²) in [5.41, 5.74) is 5.84. The van der Waals surface area contributed by atoms with Crippen molar-refractivity contribution in [1.82, 2.24) is 19.7 Å². The molecule has 0 bridgehead atoms. The first-order valence-electron chi connectivity index (χ1n) is 5.97. The number of rotatable bonds is 3. The van der Waals surface area contributed by atoms with E-state index in [9.17, 15) is 0 Å². The smallest absolute Gasteiger partial charge is 0.140 e. The molecule has 0 saturated carbocycles. The Bertz CT molecular complexity index is 335. The number of likely N-dealkylation sites (tertiary alicyclic amines) is 1. The van der Waals surface area contributed by atoms with Gasteiger partial charge in [0.25, 0.3) is 0 Å². The fourth-order valence-electron chi connectivity index (χ4n) is 2.40. The minimum atomic E-state index is 0.500. The van der Waals surface area contributed by atoms with E-state index < -0.39 is 0 Å². The van der Waals surface area contributed by atoms with Crippen LogP contribution in [0, 0.1) is 5.92 Å². The van der Waals surface area contributed by atoms with Crippen molar-refractivity contribution in [2.75, 3.05) is 13.1 Å². The van der Waals surface area contributed by atoms with Crippen molar-refractivity contribution < 1.29 is 0 Å². The zero-order chi connectivity index (χ0) is 11.5. The molecule has 2 atom stereocenters. The van der Waals surface area contributed by atoms with Crippen molar-refractivity contribution in [3.8, 4) is 0 Å². The first kappa shape index (κ1) is 11.5. The van der Waals surface area contributed by atoms with Gasteiger partial charge in [0.15, 0.2) is 0 Å². The first-order valence-corrected chi connectivity index (χ1v) is 5.97. The number of nitrogens with two attached hydrogens (primary N) is 1. The van der Waals surface area contributed by atoms with Gasteiger partial charge in [0.05, 0.1) is 6.54 Å². The van der Waals surface area contributed by atoms with Gasteiger partial charge in [-0.25, -0.2) is 4.98 Å². The molecule has 5 heteroatoms. The van der Waals surface area contributed by atoms with E-state index in [0.717, 1.165) is 31.4 Å². The number of aryl methyl sites for hydroxylation is 1. The SMILES string of the molecule is CC1CCN(Cc2ncnn2C)C(CN)C1. The van der Waals surface area contributed by atoms with Gasteiger partial charge in [-0.1, -0.05) is 6.92 Å². The Kier molecular flexibility index (Phi) is 3.56. The molecule has 1 aliphatic rings. The van der Waals surface area contributed by atoms with Gasteiger partial charge in [-0.3, -0.25) is 9.58 Å². The van der Waals surface area contributed by atoms with Crippen LogP contribution < -0.4 is 5.73 Å². The van der Waals surface area contributed by atoms with Crippen molar-refractivity contribution in [2.45, 2.75) is 32.4 Å². The van der Waals surface area contributed by atoms with Gasteiger partial charge in [0, 0.05) is 19.6 Å². The second-order valence-corrected chi connectivity index (χ2v) is 4.79. The standard InChI is InChI=1S/C11H21N5/c1-9-3-4-16(10(5-9)6-12)7-11-13-8-14-15(11)2/h8-10H,3-7,12H2,1-2H3. The molecule has 0 spiro atoms. The minimum Gasteiger partial charge on any atom is -0.329 e. The number of nitrogens with zero attached hydrogens (tertiary/aromatic N) is 4. The topological polar surface area (TPSA) is 60.0 Å². The molecule has 1 saturated heterocycles. The van der Waals surface area contributed by atoms with Crippen LogP contribution in [0.4, 0.5) is 0 Å². The molecule has 90 valence electrons. The molecule has 0 aromatic carbocycles. The molecule has 1 aromatic heterocycles. The third kappa shape index (κ3) is 2.41. The fraction of sp³-hybridized carbons (Fsp3) is 0.818. The molecule has 0 amide bonds. The highest BCUT2D eigenvalue weighted by Crippen LogP contribution is 2.22. The molecular formula is C11H21N5. The van der Waals surface area contributed by atoms with Crippen LogP contribution in [0.3, 0.4) is 0 Å². The molecule has 5 nitrogen and oxygen atoms in total. The third-order valence-electron chi connectivity index (χ3n) is 3.52. The molecule has 2 N–H and O–H groups in total. The Morgan fingerprint density at radius 3 is 3.00 bits per heavy atom. The normalized spacial score (nSPS) is 27.2. The Labute approximate surface area is 96.6 Å². The molecule has 2 heterocycles. The number of piperidine rings is 1. The van der Waals surface area contributed by atoms with E-state index in [2.05, 4.69) is 21.9 Å². The second kappa shape index (κ2) is 4.93. The van der Waals surface area contributed by atoms with Crippen LogP contribution in [-0.2, 0) is 13.6 Å². The minimum absolute atomic E-state index is 0.500. The lowest BCUT2D eigenvalue weighted by Gasteiger charge is -2.37. The van der Waals surface area contributed by atoms with Crippen LogP contribution >= 0.6 is 0 Å². The Hall–Kier alpha value is -0.940. The molecule has 2 rings (SSSR count). The highest BCUT2D eigenvalue weighted by Gasteiger charge is 2.25. The molecule has 2 unspecified atom stereocenters. The monoisotopic (exact) mass is 223 g/mol. The first-order chi connectivity index (χ1) is 7.70. The number of hydrogen-bond donors (Lipinski definition) is 1. The second-order valence-electron chi connectivity index (χ2n) is 4.79. The van der Waals surface area contributed by atoms with Gasteiger partial charge >= 0.3 is 0 Å². The molecule has 1 fully saturated rings. The zero-order valence-corrected chi connectivity index (χ0v) is 10.1. The summed E-state index contributed by atoms with van der Waals surface area (Å²) in [6.45, 7) is 5.03. The lowest BCUT2D eigenvalue weighted by Crippen LogP contribution is -2.46. The van der Waals surface area contributed by atoms with Crippen molar-refractivity contribution in [3.05, 3.63) is 12.2 Å². The van der Waals surface area contributed by atoms with Crippen molar-refractivity contribution >= 4 is 0 Å². The average Bonchev–Trinajstić information content (AvgIpc) is 2.67. The summed E-state index contributed by atoms with van der Waals surface area (Å²) in [6, 6.07) is 0.500. The number of hydrogen-bond acceptors (Lipinski definition) is 4. The summed E-state index contributed by atoms with van der Waals surface area (Å²) < 4.78 is 1.84. The van der Waals surface area contributed by atoms with E-state index in [0.29, 0.717) is 6.04 Å². The summed E-state index contributed by atoms with van der Waals surface area (Å²) in [6.07, 6.45) is 4.07. The Morgan fingerprint density at radius 2 is 2.38 bits per heavy atom. The van der Waals surface area contributed by atoms with E-state index in [1.54, 1.807) is 6.33 Å². The quantitative estimate of drug-likeness (QED) is 0.804. The third-order valence-corrected chi connectivity index (χ3v) is 3.52. The lowest BCUT2D eigenvalue weighted by atomic mass is 9.92. The van der Waals surface area contributed by atoms with Crippen molar-refractivity contribution in [2.24, 2.45) is 18.7 Å². The van der Waals surface area contributed by atoms with E-state index in [-0.39, 0.29) is 0 Å². The van der Waals surface area contributed by atoms with Crippen molar-refractivity contribution in [3.63, 3.8) is 0 Å². The lowest BCUT2D eigenvalue weighted by molar-refractivity contribution is 0.111. The fourth-order valence-corrected chi connectivity index (χ4v) is 2.40. The van der Waals surface area contributed by atoms with Gasteiger partial charge in [-0.05, 0) is 25.3 Å². The summed E-state index contributed by atoms with van der Waals surface area (Å²) in [5, 5.41) is 4.10. The van der Waals surface area contributed by atoms with Crippen LogP contribution in [-0.4, -0.2) is 38.8 Å². The predicted molar refractivity (Wildman–Crippen MR) is 62.7 cm³/mol. The Balaban J connectivity index is 2.01. The van der Waals surface area contributed by atoms with E-state index in [1.807, 2.05) is 11.7 Å². The van der Waals surface area contributed by atoms with E-state index in [1.165, 1.54) is 12.8 Å². The van der Waals surface area contributed by atoms with E-state index >= 15 is 0 Å². The summed E-state index contributed by atoms with van der Waals surface area (Å²) in [7, 11) is 1.94. The summed E-state index contributed by atoms with van der Waals surface area (Å²) in [4.78, 5) is 6.70. The molecule has 1 aromatic rings. The summed E-state index contributed by atoms with van der Waals surface area (Å²) >= 11 is 0. The maximum atomic E-state index is 5.84. The maximum absolute atomic E-state index is 5.84. The van der Waals surface area contributed by atoms with Crippen LogP contribution in [0.1, 0.15) is 25.6 Å². The maximum Gasteiger partial charge on any atom is 0.140 e. The van der Waals surface area contributed by atoms with Gasteiger partial charge in [0.2, 0.25) is 0 Å². The molecular weight excluding hydrogens is 202 g/mol. The number of aromatic nitrogens is 3. The van der Waals surface area contributed by atoms with Crippen LogP contribution in [0.15, 0.2) is 6.33 Å². The molecule has 0 radical (unpaired) electrons. The zero-order valence-electron chi connectivity index (χ0n) is 10.1. The average molecular weight is 223 g/mol. The van der Waals surface area contributed by atoms with Crippen LogP contribution in [0.5, 0.6) is 0 Å². The highest BCUT2D eigenvalue weighted by atomic mass is 15.3. The highest BCUT2D eigenvalue weighted by molar-refractivity contribution is 4.88. The van der Waals surface area contributed by atoms with Gasteiger partial charge in [0.1, 0.15) is 12.2 Å². The Morgan fingerprint density at radius 1 is 1.56 bits per heavy atom. The van der Waals surface area contributed by atoms with E-state index in [4.69, 9.17) is 5.73 Å². The summed E-state index contributed by atoms with van der Waals surface area (Å²) in [5.74, 6) is 1.82. The molecule has 0 aliphatic carbocycles. The largest absolute Gasteiger partial charge is 0.329 e. The van der Waals surface area contributed by atoms with Gasteiger partial charge < -0.3 is 5.73 Å². The van der Waals surface area contributed by atoms with Crippen LogP contribution in [0.2, 0.25) is 0 Å². The molecule has 1 aliphatic heterocycles. The molecule has 16 heavy (non-hydrogen) atoms.